The SMILES string of the molecule is CNCCCCCN1CCN(C(C)(C)C)CC1. The van der Waals surface area contributed by atoms with Crippen molar-refractivity contribution in [1.29, 1.82) is 0 Å². The second-order valence-corrected chi connectivity index (χ2v) is 6.16. The number of unbranched alkanes of at least 4 members (excludes halogenated alkanes) is 2. The maximum atomic E-state index is 3.21. The van der Waals surface area contributed by atoms with E-state index in [0.29, 0.717) is 5.54 Å². The fourth-order valence-electron chi connectivity index (χ4n) is 2.46. The fraction of sp³-hybridized carbons (Fsp3) is 1.00. The molecule has 0 atom stereocenters. The van der Waals surface area contributed by atoms with E-state index in [9.17, 15) is 0 Å². The molecule has 3 nitrogen and oxygen atoms in total. The number of nitrogens with one attached hydrogen (secondary N) is 1. The summed E-state index contributed by atoms with van der Waals surface area (Å²) >= 11 is 0. The summed E-state index contributed by atoms with van der Waals surface area (Å²) in [6.45, 7) is 14.4. The molecule has 102 valence electrons. The average molecular weight is 241 g/mol. The molecule has 0 aromatic heterocycles. The minimum Gasteiger partial charge on any atom is -0.320 e. The van der Waals surface area contributed by atoms with Gasteiger partial charge in [-0.2, -0.15) is 0 Å². The number of hydrogen-bond acceptors (Lipinski definition) is 3. The Labute approximate surface area is 108 Å². The lowest BCUT2D eigenvalue weighted by molar-refractivity contribution is 0.0616. The molecule has 1 N–H and O–H groups in total. The van der Waals surface area contributed by atoms with E-state index in [1.54, 1.807) is 0 Å². The minimum atomic E-state index is 0.346. The van der Waals surface area contributed by atoms with E-state index in [1.807, 2.05) is 7.05 Å². The summed E-state index contributed by atoms with van der Waals surface area (Å²) in [6.07, 6.45) is 4.04. The third-order valence-electron chi connectivity index (χ3n) is 3.72. The lowest BCUT2D eigenvalue weighted by Crippen LogP contribution is -2.53. The van der Waals surface area contributed by atoms with Crippen LogP contribution in [0.25, 0.3) is 0 Å². The van der Waals surface area contributed by atoms with Crippen LogP contribution in [0.5, 0.6) is 0 Å². The van der Waals surface area contributed by atoms with Gasteiger partial charge in [-0.15, -0.1) is 0 Å². The molecule has 0 aliphatic carbocycles. The van der Waals surface area contributed by atoms with Crippen molar-refractivity contribution in [3.05, 3.63) is 0 Å². The van der Waals surface area contributed by atoms with E-state index in [4.69, 9.17) is 0 Å². The van der Waals surface area contributed by atoms with E-state index < -0.39 is 0 Å². The third-order valence-corrected chi connectivity index (χ3v) is 3.72. The topological polar surface area (TPSA) is 18.5 Å². The minimum absolute atomic E-state index is 0.346. The van der Waals surface area contributed by atoms with Crippen LogP contribution in [-0.2, 0) is 0 Å². The zero-order chi connectivity index (χ0) is 12.7. The van der Waals surface area contributed by atoms with Gasteiger partial charge in [0.05, 0.1) is 0 Å². The second kappa shape index (κ2) is 7.34. The molecule has 0 aromatic carbocycles. The molecule has 1 heterocycles. The van der Waals surface area contributed by atoms with Gasteiger partial charge in [0.1, 0.15) is 0 Å². The van der Waals surface area contributed by atoms with Crippen LogP contribution < -0.4 is 5.32 Å². The number of nitrogens with zero attached hydrogens (tertiary/aromatic N) is 2. The Bertz CT molecular complexity index is 190. The molecule has 3 heteroatoms. The van der Waals surface area contributed by atoms with Gasteiger partial charge in [-0.3, -0.25) is 4.90 Å². The maximum Gasteiger partial charge on any atom is 0.0126 e. The maximum absolute atomic E-state index is 3.21. The Morgan fingerprint density at radius 1 is 0.941 bits per heavy atom. The molecule has 1 saturated heterocycles. The van der Waals surface area contributed by atoms with Crippen LogP contribution in [0.4, 0.5) is 0 Å². The summed E-state index contributed by atoms with van der Waals surface area (Å²) in [6, 6.07) is 0. The first-order valence-electron chi connectivity index (χ1n) is 7.16. The highest BCUT2D eigenvalue weighted by molar-refractivity contribution is 4.81. The van der Waals surface area contributed by atoms with Crippen LogP contribution in [0.15, 0.2) is 0 Å². The van der Waals surface area contributed by atoms with Gasteiger partial charge in [0.15, 0.2) is 0 Å². The summed E-state index contributed by atoms with van der Waals surface area (Å²) in [4.78, 5) is 5.23. The summed E-state index contributed by atoms with van der Waals surface area (Å²) in [5.41, 5.74) is 0.346. The average Bonchev–Trinajstić information content (AvgIpc) is 2.28. The van der Waals surface area contributed by atoms with Crippen molar-refractivity contribution in [2.24, 2.45) is 0 Å². The largest absolute Gasteiger partial charge is 0.320 e. The van der Waals surface area contributed by atoms with Crippen LogP contribution in [0.3, 0.4) is 0 Å². The molecule has 0 bridgehead atoms. The molecule has 17 heavy (non-hydrogen) atoms. The van der Waals surface area contributed by atoms with Crippen molar-refractivity contribution in [1.82, 2.24) is 15.1 Å². The fourth-order valence-corrected chi connectivity index (χ4v) is 2.46. The Morgan fingerprint density at radius 2 is 1.59 bits per heavy atom. The van der Waals surface area contributed by atoms with Gasteiger partial charge in [-0.05, 0) is 53.8 Å². The van der Waals surface area contributed by atoms with E-state index in [1.165, 1.54) is 52.0 Å². The van der Waals surface area contributed by atoms with Crippen LogP contribution in [-0.4, -0.2) is 61.7 Å². The molecule has 0 radical (unpaired) electrons. The molecule has 1 rings (SSSR count). The molecule has 0 saturated carbocycles. The zero-order valence-corrected chi connectivity index (χ0v) is 12.3. The predicted octanol–water partition coefficient (Wildman–Crippen LogP) is 1.79. The molecular weight excluding hydrogens is 210 g/mol. The van der Waals surface area contributed by atoms with Crippen LogP contribution in [0, 0.1) is 0 Å². The van der Waals surface area contributed by atoms with Crippen molar-refractivity contribution in [3.8, 4) is 0 Å². The lowest BCUT2D eigenvalue weighted by Gasteiger charge is -2.42. The molecule has 0 unspecified atom stereocenters. The van der Waals surface area contributed by atoms with E-state index in [2.05, 4.69) is 35.9 Å². The highest BCUT2D eigenvalue weighted by Crippen LogP contribution is 2.15. The molecule has 0 spiro atoms. The Kier molecular flexibility index (Phi) is 6.45. The summed E-state index contributed by atoms with van der Waals surface area (Å²) in [5.74, 6) is 0. The molecule has 0 aromatic rings. The van der Waals surface area contributed by atoms with Gasteiger partial charge in [0.25, 0.3) is 0 Å². The lowest BCUT2D eigenvalue weighted by atomic mass is 10.0. The van der Waals surface area contributed by atoms with E-state index >= 15 is 0 Å². The first-order chi connectivity index (χ1) is 8.04. The first-order valence-corrected chi connectivity index (χ1v) is 7.16. The molecule has 1 aliphatic heterocycles. The normalized spacial score (nSPS) is 19.8. The Hall–Kier alpha value is -0.120. The summed E-state index contributed by atoms with van der Waals surface area (Å²) < 4.78 is 0. The van der Waals surface area contributed by atoms with Crippen molar-refractivity contribution in [3.63, 3.8) is 0 Å². The zero-order valence-electron chi connectivity index (χ0n) is 12.3. The van der Waals surface area contributed by atoms with Gasteiger partial charge < -0.3 is 10.2 Å². The molecule has 1 fully saturated rings. The van der Waals surface area contributed by atoms with Gasteiger partial charge in [-0.1, -0.05) is 6.42 Å². The number of hydrogen-bond donors (Lipinski definition) is 1. The van der Waals surface area contributed by atoms with Gasteiger partial charge in [-0.25, -0.2) is 0 Å². The van der Waals surface area contributed by atoms with Gasteiger partial charge >= 0.3 is 0 Å². The molecule has 0 amide bonds. The quantitative estimate of drug-likeness (QED) is 0.715. The van der Waals surface area contributed by atoms with Crippen molar-refractivity contribution in [2.45, 2.75) is 45.6 Å². The van der Waals surface area contributed by atoms with E-state index in [-0.39, 0.29) is 0 Å². The van der Waals surface area contributed by atoms with Gasteiger partial charge in [0, 0.05) is 31.7 Å². The Morgan fingerprint density at radius 3 is 2.12 bits per heavy atom. The number of piperazine rings is 1. The number of rotatable bonds is 6. The monoisotopic (exact) mass is 241 g/mol. The molecule has 1 aliphatic rings. The first kappa shape index (κ1) is 14.9. The standard InChI is InChI=1S/C14H31N3/c1-14(2,3)17-12-10-16(11-13-17)9-7-5-6-8-15-4/h15H,5-13H2,1-4H3. The van der Waals surface area contributed by atoms with Crippen molar-refractivity contribution < 1.29 is 0 Å². The van der Waals surface area contributed by atoms with E-state index in [0.717, 1.165) is 6.54 Å². The van der Waals surface area contributed by atoms with Crippen molar-refractivity contribution in [2.75, 3.05) is 46.3 Å². The predicted molar refractivity (Wildman–Crippen MR) is 75.5 cm³/mol. The molecular formula is C14H31N3. The third kappa shape index (κ3) is 5.84. The highest BCUT2D eigenvalue weighted by Gasteiger charge is 2.25. The second-order valence-electron chi connectivity index (χ2n) is 6.16. The summed E-state index contributed by atoms with van der Waals surface area (Å²) in [5, 5.41) is 3.21. The smallest absolute Gasteiger partial charge is 0.0126 e. The Balaban J connectivity index is 2.07. The van der Waals surface area contributed by atoms with Crippen LogP contribution in [0.1, 0.15) is 40.0 Å². The van der Waals surface area contributed by atoms with Gasteiger partial charge in [0.2, 0.25) is 0 Å². The summed E-state index contributed by atoms with van der Waals surface area (Å²) in [7, 11) is 2.03. The van der Waals surface area contributed by atoms with Crippen LogP contribution in [0.2, 0.25) is 0 Å². The van der Waals surface area contributed by atoms with Crippen LogP contribution >= 0.6 is 0 Å². The van der Waals surface area contributed by atoms with Crippen molar-refractivity contribution >= 4 is 0 Å². The highest BCUT2D eigenvalue weighted by atomic mass is 15.3.